The molecule has 0 heterocycles. The van der Waals surface area contributed by atoms with Crippen molar-refractivity contribution in [2.75, 3.05) is 0 Å². The quantitative estimate of drug-likeness (QED) is 0.149. The van der Waals surface area contributed by atoms with E-state index in [9.17, 15) is 0 Å². The molecule has 0 unspecified atom stereocenters. The maximum absolute atomic E-state index is 2.36. The summed E-state index contributed by atoms with van der Waals surface area (Å²) in [5, 5.41) is 10.4. The molecule has 0 amide bonds. The first kappa shape index (κ1) is 24.4. The summed E-state index contributed by atoms with van der Waals surface area (Å²) in [6, 6.07) is 54.1. The maximum atomic E-state index is 2.36. The summed E-state index contributed by atoms with van der Waals surface area (Å²) < 4.78 is 0. The minimum Gasteiger partial charge on any atom is -0.0619 e. The Morgan fingerprint density at radius 3 is 1.86 bits per heavy atom. The average molecular weight is 547 g/mol. The highest BCUT2D eigenvalue weighted by molar-refractivity contribution is 6.20. The van der Waals surface area contributed by atoms with Crippen molar-refractivity contribution in [1.29, 1.82) is 0 Å². The summed E-state index contributed by atoms with van der Waals surface area (Å²) in [6.45, 7) is 4.73. The van der Waals surface area contributed by atoms with E-state index < -0.39 is 0 Å². The number of hydrogen-bond donors (Lipinski definition) is 0. The summed E-state index contributed by atoms with van der Waals surface area (Å²) in [5.41, 5.74) is 10.7. The molecule has 0 aliphatic heterocycles. The van der Waals surface area contributed by atoms with Gasteiger partial charge in [-0.05, 0) is 99.7 Å². The second-order valence-electron chi connectivity index (χ2n) is 12.5. The van der Waals surface area contributed by atoms with Gasteiger partial charge in [0.25, 0.3) is 0 Å². The predicted molar refractivity (Wildman–Crippen MR) is 185 cm³/mol. The SMILES string of the molecule is CC1(C)c2ccccc2-c2ccc3cc(-c4ccc(-c5c6ccccc6cc6c5ccc5ccccc56)cc4)ccc3c21. The predicted octanol–water partition coefficient (Wildman–Crippen LogP) is 11.9. The molecule has 0 saturated heterocycles. The highest BCUT2D eigenvalue weighted by Gasteiger charge is 2.36. The minimum atomic E-state index is -0.0127. The lowest BCUT2D eigenvalue weighted by atomic mass is 9.80. The van der Waals surface area contributed by atoms with Gasteiger partial charge in [-0.25, -0.2) is 0 Å². The van der Waals surface area contributed by atoms with Crippen LogP contribution in [0.25, 0.3) is 76.5 Å². The molecule has 43 heavy (non-hydrogen) atoms. The molecule has 0 heteroatoms. The molecule has 0 nitrogen and oxygen atoms in total. The fraction of sp³-hybridized carbons (Fsp3) is 0.0698. The fourth-order valence-corrected chi connectivity index (χ4v) is 7.77. The molecule has 0 aromatic heterocycles. The van der Waals surface area contributed by atoms with Crippen molar-refractivity contribution >= 4 is 43.1 Å². The van der Waals surface area contributed by atoms with Crippen LogP contribution in [0.2, 0.25) is 0 Å². The summed E-state index contributed by atoms with van der Waals surface area (Å²) in [6.07, 6.45) is 0. The average Bonchev–Trinajstić information content (AvgIpc) is 3.30. The first-order chi connectivity index (χ1) is 21.1. The highest BCUT2D eigenvalue weighted by atomic mass is 14.4. The van der Waals surface area contributed by atoms with Crippen LogP contribution in [0.4, 0.5) is 0 Å². The van der Waals surface area contributed by atoms with E-state index in [0.717, 1.165) is 0 Å². The Balaban J connectivity index is 1.17. The van der Waals surface area contributed by atoms with Gasteiger partial charge in [-0.3, -0.25) is 0 Å². The Morgan fingerprint density at radius 1 is 0.372 bits per heavy atom. The van der Waals surface area contributed by atoms with Crippen molar-refractivity contribution in [3.8, 4) is 33.4 Å². The Labute approximate surface area is 251 Å². The second kappa shape index (κ2) is 8.90. The molecule has 0 radical (unpaired) electrons. The third-order valence-corrected chi connectivity index (χ3v) is 9.81. The van der Waals surface area contributed by atoms with Crippen LogP contribution in [-0.4, -0.2) is 0 Å². The molecule has 8 aromatic rings. The van der Waals surface area contributed by atoms with Crippen molar-refractivity contribution in [3.05, 3.63) is 157 Å². The largest absolute Gasteiger partial charge is 0.0619 e. The molecule has 8 aromatic carbocycles. The number of fused-ring (bicyclic) bond motifs is 9. The topological polar surface area (TPSA) is 0 Å². The van der Waals surface area contributed by atoms with Crippen molar-refractivity contribution in [2.24, 2.45) is 0 Å². The van der Waals surface area contributed by atoms with Gasteiger partial charge in [-0.2, -0.15) is 0 Å². The van der Waals surface area contributed by atoms with Crippen molar-refractivity contribution in [1.82, 2.24) is 0 Å². The summed E-state index contributed by atoms with van der Waals surface area (Å²) in [4.78, 5) is 0. The van der Waals surface area contributed by atoms with E-state index in [0.29, 0.717) is 0 Å². The van der Waals surface area contributed by atoms with Gasteiger partial charge < -0.3 is 0 Å². The standard InChI is InChI=1S/C43H30/c1-43(2)40-14-8-7-13-36(40)38-24-21-32-25-30(20-22-35(32)42(38)43)27-15-17-29(18-16-27)41-34-12-6-4-10-31(34)26-39-33-11-5-3-9-28(33)19-23-37(39)41/h3-26H,1-2H3. The van der Waals surface area contributed by atoms with Gasteiger partial charge in [-0.1, -0.05) is 147 Å². The molecule has 0 N–H and O–H groups in total. The summed E-state index contributed by atoms with van der Waals surface area (Å²) >= 11 is 0. The van der Waals surface area contributed by atoms with Crippen molar-refractivity contribution in [3.63, 3.8) is 0 Å². The lowest BCUT2D eigenvalue weighted by molar-refractivity contribution is 0.666. The molecule has 202 valence electrons. The molecule has 0 atom stereocenters. The van der Waals surface area contributed by atoms with Gasteiger partial charge in [0.05, 0.1) is 0 Å². The maximum Gasteiger partial charge on any atom is 0.0165 e. The number of benzene rings is 8. The van der Waals surface area contributed by atoms with E-state index in [1.54, 1.807) is 0 Å². The van der Waals surface area contributed by atoms with Crippen LogP contribution in [0.3, 0.4) is 0 Å². The van der Waals surface area contributed by atoms with Gasteiger partial charge in [-0.15, -0.1) is 0 Å². The van der Waals surface area contributed by atoms with Crippen LogP contribution in [0.5, 0.6) is 0 Å². The van der Waals surface area contributed by atoms with E-state index in [1.807, 2.05) is 0 Å². The zero-order valence-electron chi connectivity index (χ0n) is 24.4. The Bertz CT molecular complexity index is 2400. The highest BCUT2D eigenvalue weighted by Crippen LogP contribution is 2.51. The molecule has 0 bridgehead atoms. The summed E-state index contributed by atoms with van der Waals surface area (Å²) in [7, 11) is 0. The van der Waals surface area contributed by atoms with Crippen LogP contribution in [0.1, 0.15) is 25.0 Å². The number of hydrogen-bond acceptors (Lipinski definition) is 0. The van der Waals surface area contributed by atoms with E-state index in [4.69, 9.17) is 0 Å². The Hall–Kier alpha value is -5.20. The van der Waals surface area contributed by atoms with E-state index in [-0.39, 0.29) is 5.41 Å². The lowest BCUT2D eigenvalue weighted by Crippen LogP contribution is -2.15. The molecule has 0 spiro atoms. The minimum absolute atomic E-state index is 0.0127. The van der Waals surface area contributed by atoms with Crippen LogP contribution in [-0.2, 0) is 5.41 Å². The first-order valence-electron chi connectivity index (χ1n) is 15.2. The van der Waals surface area contributed by atoms with Crippen LogP contribution >= 0.6 is 0 Å². The van der Waals surface area contributed by atoms with Crippen molar-refractivity contribution in [2.45, 2.75) is 19.3 Å². The Kier molecular flexibility index (Phi) is 5.05. The molecular weight excluding hydrogens is 516 g/mol. The van der Waals surface area contributed by atoms with Crippen molar-refractivity contribution < 1.29 is 0 Å². The third-order valence-electron chi connectivity index (χ3n) is 9.81. The fourth-order valence-electron chi connectivity index (χ4n) is 7.77. The molecule has 9 rings (SSSR count). The van der Waals surface area contributed by atoms with Gasteiger partial charge >= 0.3 is 0 Å². The Morgan fingerprint density at radius 2 is 1.00 bits per heavy atom. The molecule has 0 saturated carbocycles. The normalized spacial score (nSPS) is 13.5. The van der Waals surface area contributed by atoms with Gasteiger partial charge in [0.15, 0.2) is 0 Å². The second-order valence-corrected chi connectivity index (χ2v) is 12.5. The van der Waals surface area contributed by atoms with Gasteiger partial charge in [0.1, 0.15) is 0 Å². The van der Waals surface area contributed by atoms with E-state index >= 15 is 0 Å². The molecule has 1 aliphatic rings. The molecule has 1 aliphatic carbocycles. The first-order valence-corrected chi connectivity index (χ1v) is 15.2. The third kappa shape index (κ3) is 3.50. The van der Waals surface area contributed by atoms with Crippen LogP contribution < -0.4 is 0 Å². The number of rotatable bonds is 2. The zero-order chi connectivity index (χ0) is 28.7. The van der Waals surface area contributed by atoms with Crippen LogP contribution in [0, 0.1) is 0 Å². The summed E-state index contributed by atoms with van der Waals surface area (Å²) in [5.74, 6) is 0. The lowest BCUT2D eigenvalue weighted by Gasteiger charge is -2.23. The molecule has 0 fully saturated rings. The monoisotopic (exact) mass is 546 g/mol. The van der Waals surface area contributed by atoms with E-state index in [2.05, 4.69) is 159 Å². The van der Waals surface area contributed by atoms with Crippen LogP contribution in [0.15, 0.2) is 146 Å². The molecular formula is C43H30. The smallest absolute Gasteiger partial charge is 0.0165 e. The van der Waals surface area contributed by atoms with E-state index in [1.165, 1.54) is 87.6 Å². The zero-order valence-corrected chi connectivity index (χ0v) is 24.4. The van der Waals surface area contributed by atoms with Gasteiger partial charge in [0.2, 0.25) is 0 Å². The van der Waals surface area contributed by atoms with Gasteiger partial charge in [0, 0.05) is 5.41 Å².